The highest BCUT2D eigenvalue weighted by Crippen LogP contribution is 2.20. The van der Waals surface area contributed by atoms with Crippen LogP contribution in [0.3, 0.4) is 0 Å². The van der Waals surface area contributed by atoms with Gasteiger partial charge in [0.25, 0.3) is 0 Å². The average molecular weight is 413 g/mol. The highest BCUT2D eigenvalue weighted by atomic mass is 16.2. The standard InChI is InChI=1S/C23H23N7O/c1-3-17-4-6-19(7-5-17)28-23(31)29-20-10-8-18(9-11-20)27-21-14-22(26-16(2)25-21)30-13-12-24-15-30/h4-15H,3H2,1-2H3,(H,25,26,27)(H2,28,29,31). The third kappa shape index (κ3) is 5.24. The minimum Gasteiger partial charge on any atom is -0.340 e. The number of benzene rings is 2. The molecule has 0 aliphatic rings. The van der Waals surface area contributed by atoms with Crippen molar-refractivity contribution in [2.75, 3.05) is 16.0 Å². The fourth-order valence-corrected chi connectivity index (χ4v) is 3.04. The van der Waals surface area contributed by atoms with Gasteiger partial charge in [-0.2, -0.15) is 0 Å². The van der Waals surface area contributed by atoms with Crippen molar-refractivity contribution in [3.63, 3.8) is 0 Å². The number of carbonyl (C=O) groups is 1. The maximum atomic E-state index is 12.2. The Balaban J connectivity index is 1.38. The first-order valence-corrected chi connectivity index (χ1v) is 9.97. The quantitative estimate of drug-likeness (QED) is 0.417. The van der Waals surface area contributed by atoms with Crippen LogP contribution in [-0.2, 0) is 6.42 Å². The molecule has 4 rings (SSSR count). The lowest BCUT2D eigenvalue weighted by Crippen LogP contribution is -2.19. The molecule has 0 spiro atoms. The number of imidazole rings is 1. The van der Waals surface area contributed by atoms with Gasteiger partial charge in [0, 0.05) is 35.5 Å². The van der Waals surface area contributed by atoms with E-state index in [4.69, 9.17) is 0 Å². The molecule has 0 saturated carbocycles. The highest BCUT2D eigenvalue weighted by molar-refractivity contribution is 5.99. The first-order chi connectivity index (χ1) is 15.1. The molecule has 3 N–H and O–H groups in total. The maximum Gasteiger partial charge on any atom is 0.323 e. The van der Waals surface area contributed by atoms with Crippen LogP contribution in [0.1, 0.15) is 18.3 Å². The largest absolute Gasteiger partial charge is 0.340 e. The molecule has 2 aromatic heterocycles. The topological polar surface area (TPSA) is 96.8 Å². The molecule has 8 heteroatoms. The van der Waals surface area contributed by atoms with Gasteiger partial charge in [-0.15, -0.1) is 0 Å². The van der Waals surface area contributed by atoms with Gasteiger partial charge in [0.1, 0.15) is 23.8 Å². The normalized spacial score (nSPS) is 10.5. The Morgan fingerprint density at radius 3 is 2.19 bits per heavy atom. The molecule has 156 valence electrons. The van der Waals surface area contributed by atoms with Crippen molar-refractivity contribution in [3.8, 4) is 5.82 Å². The van der Waals surface area contributed by atoms with E-state index in [2.05, 4.69) is 37.8 Å². The lowest BCUT2D eigenvalue weighted by atomic mass is 10.1. The van der Waals surface area contributed by atoms with Crippen LogP contribution in [0.25, 0.3) is 5.82 Å². The Morgan fingerprint density at radius 2 is 1.58 bits per heavy atom. The summed E-state index contributed by atoms with van der Waals surface area (Å²) in [5, 5.41) is 8.93. The summed E-state index contributed by atoms with van der Waals surface area (Å²) in [4.78, 5) is 25.1. The van der Waals surface area contributed by atoms with E-state index in [1.54, 1.807) is 12.5 Å². The predicted molar refractivity (Wildman–Crippen MR) is 122 cm³/mol. The molecule has 0 unspecified atom stereocenters. The third-order valence-corrected chi connectivity index (χ3v) is 4.63. The third-order valence-electron chi connectivity index (χ3n) is 4.63. The summed E-state index contributed by atoms with van der Waals surface area (Å²) in [7, 11) is 0. The lowest BCUT2D eigenvalue weighted by Gasteiger charge is -2.11. The van der Waals surface area contributed by atoms with Gasteiger partial charge < -0.3 is 16.0 Å². The fourth-order valence-electron chi connectivity index (χ4n) is 3.04. The molecule has 0 bridgehead atoms. The minimum absolute atomic E-state index is 0.290. The van der Waals surface area contributed by atoms with Crippen LogP contribution in [0.15, 0.2) is 73.3 Å². The van der Waals surface area contributed by atoms with Crippen molar-refractivity contribution < 1.29 is 4.79 Å². The van der Waals surface area contributed by atoms with E-state index in [0.29, 0.717) is 17.3 Å². The molecule has 0 aliphatic heterocycles. The summed E-state index contributed by atoms with van der Waals surface area (Å²) < 4.78 is 1.82. The van der Waals surface area contributed by atoms with E-state index < -0.39 is 0 Å². The summed E-state index contributed by atoms with van der Waals surface area (Å²) >= 11 is 0. The molecule has 4 aromatic rings. The number of anilines is 4. The van der Waals surface area contributed by atoms with Crippen LogP contribution in [-0.4, -0.2) is 25.6 Å². The van der Waals surface area contributed by atoms with Crippen LogP contribution in [0, 0.1) is 6.92 Å². The summed E-state index contributed by atoms with van der Waals surface area (Å²) in [6.07, 6.45) is 6.18. The van der Waals surface area contributed by atoms with Crippen molar-refractivity contribution in [2.24, 2.45) is 0 Å². The summed E-state index contributed by atoms with van der Waals surface area (Å²) in [6.45, 7) is 3.94. The zero-order valence-electron chi connectivity index (χ0n) is 17.3. The molecular weight excluding hydrogens is 390 g/mol. The number of aryl methyl sites for hydroxylation is 2. The van der Waals surface area contributed by atoms with Crippen LogP contribution in [0.4, 0.5) is 27.7 Å². The smallest absolute Gasteiger partial charge is 0.323 e. The zero-order chi connectivity index (χ0) is 21.6. The number of carbonyl (C=O) groups excluding carboxylic acids is 1. The molecule has 0 atom stereocenters. The van der Waals surface area contributed by atoms with Gasteiger partial charge in [0.05, 0.1) is 0 Å². The molecule has 8 nitrogen and oxygen atoms in total. The van der Waals surface area contributed by atoms with E-state index in [0.717, 1.165) is 23.6 Å². The van der Waals surface area contributed by atoms with Crippen LogP contribution in [0.2, 0.25) is 0 Å². The number of hydrogen-bond donors (Lipinski definition) is 3. The summed E-state index contributed by atoms with van der Waals surface area (Å²) in [6, 6.07) is 16.8. The Morgan fingerprint density at radius 1 is 0.935 bits per heavy atom. The molecule has 0 fully saturated rings. The first-order valence-electron chi connectivity index (χ1n) is 9.97. The molecule has 2 heterocycles. The van der Waals surface area contributed by atoms with Gasteiger partial charge in [-0.25, -0.2) is 19.7 Å². The fraction of sp³-hybridized carbons (Fsp3) is 0.130. The summed E-state index contributed by atoms with van der Waals surface area (Å²) in [5.41, 5.74) is 3.51. The second-order valence-corrected chi connectivity index (χ2v) is 6.96. The Kier molecular flexibility index (Phi) is 5.89. The molecule has 2 aromatic carbocycles. The zero-order valence-corrected chi connectivity index (χ0v) is 17.3. The van der Waals surface area contributed by atoms with E-state index in [9.17, 15) is 4.79 Å². The van der Waals surface area contributed by atoms with Gasteiger partial charge in [0.15, 0.2) is 0 Å². The van der Waals surface area contributed by atoms with Crippen LogP contribution < -0.4 is 16.0 Å². The number of rotatable bonds is 6. The van der Waals surface area contributed by atoms with E-state index in [1.165, 1.54) is 5.56 Å². The summed E-state index contributed by atoms with van der Waals surface area (Å²) in [5.74, 6) is 2.05. The number of nitrogens with one attached hydrogen (secondary N) is 3. The van der Waals surface area contributed by atoms with Gasteiger partial charge in [-0.05, 0) is 55.3 Å². The number of urea groups is 1. The van der Waals surface area contributed by atoms with Gasteiger partial charge in [0.2, 0.25) is 0 Å². The monoisotopic (exact) mass is 413 g/mol. The van der Waals surface area contributed by atoms with E-state index >= 15 is 0 Å². The Labute approximate surface area is 180 Å². The average Bonchev–Trinajstić information content (AvgIpc) is 3.30. The van der Waals surface area contributed by atoms with Gasteiger partial charge in [-0.3, -0.25) is 4.57 Å². The molecular formula is C23H23N7O. The second kappa shape index (κ2) is 9.08. The van der Waals surface area contributed by atoms with Gasteiger partial charge in [-0.1, -0.05) is 19.1 Å². The number of nitrogens with zero attached hydrogens (tertiary/aromatic N) is 4. The first kappa shape index (κ1) is 20.1. The van der Waals surface area contributed by atoms with Gasteiger partial charge >= 0.3 is 6.03 Å². The molecule has 0 saturated heterocycles. The van der Waals surface area contributed by atoms with E-state index in [-0.39, 0.29) is 6.03 Å². The maximum absolute atomic E-state index is 12.2. The number of hydrogen-bond acceptors (Lipinski definition) is 5. The highest BCUT2D eigenvalue weighted by Gasteiger charge is 2.06. The molecule has 31 heavy (non-hydrogen) atoms. The Bertz CT molecular complexity index is 1150. The molecule has 2 amide bonds. The van der Waals surface area contributed by atoms with Crippen LogP contribution in [0.5, 0.6) is 0 Å². The second-order valence-electron chi connectivity index (χ2n) is 6.96. The van der Waals surface area contributed by atoms with Crippen molar-refractivity contribution in [1.82, 2.24) is 19.5 Å². The van der Waals surface area contributed by atoms with Crippen molar-refractivity contribution in [2.45, 2.75) is 20.3 Å². The van der Waals surface area contributed by atoms with Crippen molar-refractivity contribution in [1.29, 1.82) is 0 Å². The minimum atomic E-state index is -0.290. The SMILES string of the molecule is CCc1ccc(NC(=O)Nc2ccc(Nc3cc(-n4ccnc4)nc(C)n3)cc2)cc1. The van der Waals surface area contributed by atoms with Crippen molar-refractivity contribution in [3.05, 3.63) is 84.7 Å². The predicted octanol–water partition coefficient (Wildman–Crippen LogP) is 4.92. The Hall–Kier alpha value is -4.20. The van der Waals surface area contributed by atoms with E-state index in [1.807, 2.05) is 72.3 Å². The van der Waals surface area contributed by atoms with Crippen molar-refractivity contribution >= 4 is 28.9 Å². The van der Waals surface area contributed by atoms with Crippen LogP contribution >= 0.6 is 0 Å². The molecule has 0 radical (unpaired) electrons. The number of amides is 2. The molecule has 0 aliphatic carbocycles. The lowest BCUT2D eigenvalue weighted by molar-refractivity contribution is 0.262. The number of aromatic nitrogens is 4.